The molecule has 2 aromatic rings. The topological polar surface area (TPSA) is 68.0 Å². The number of carbonyl (C=O) groups excluding carboxylic acids is 1. The van der Waals surface area contributed by atoms with Crippen LogP contribution < -0.4 is 11.1 Å². The number of aryl methyl sites for hydroxylation is 1. The second-order valence-electron chi connectivity index (χ2n) is 3.81. The predicted octanol–water partition coefficient (Wildman–Crippen LogP) is 2.62. The van der Waals surface area contributed by atoms with Gasteiger partial charge in [-0.25, -0.2) is 4.98 Å². The lowest BCUT2D eigenvalue weighted by Crippen LogP contribution is -2.22. The Bertz CT molecular complexity index is 562. The van der Waals surface area contributed by atoms with E-state index in [-0.39, 0.29) is 5.91 Å². The van der Waals surface area contributed by atoms with Crippen molar-refractivity contribution in [3.63, 3.8) is 0 Å². The number of rotatable bonds is 3. The van der Waals surface area contributed by atoms with E-state index in [0.29, 0.717) is 22.3 Å². The molecule has 6 heteroatoms. The van der Waals surface area contributed by atoms with E-state index >= 15 is 0 Å². The van der Waals surface area contributed by atoms with Crippen LogP contribution in [0.4, 0.5) is 5.82 Å². The van der Waals surface area contributed by atoms with Crippen LogP contribution in [0.2, 0.25) is 4.34 Å². The fourth-order valence-electron chi connectivity index (χ4n) is 1.54. The third kappa shape index (κ3) is 3.21. The first kappa shape index (κ1) is 12.9. The standard InChI is InChI=1S/C12H12ClN3OS/c1-7-4-8(5-11(14)16-7)12(17)15-6-9-2-3-10(13)18-9/h2-5H,6H2,1H3,(H2,14,16)(H,15,17). The Hall–Kier alpha value is -1.59. The van der Waals surface area contributed by atoms with Crippen molar-refractivity contribution in [2.45, 2.75) is 13.5 Å². The van der Waals surface area contributed by atoms with Gasteiger partial charge in [-0.15, -0.1) is 11.3 Å². The number of pyridine rings is 1. The van der Waals surface area contributed by atoms with E-state index in [1.54, 1.807) is 19.1 Å². The van der Waals surface area contributed by atoms with Crippen LogP contribution in [0.25, 0.3) is 0 Å². The first-order valence-corrected chi connectivity index (χ1v) is 6.50. The van der Waals surface area contributed by atoms with Gasteiger partial charge in [-0.05, 0) is 31.2 Å². The summed E-state index contributed by atoms with van der Waals surface area (Å²) in [6, 6.07) is 6.96. The number of thiophene rings is 1. The van der Waals surface area contributed by atoms with Crippen LogP contribution in [0.3, 0.4) is 0 Å². The molecule has 0 bridgehead atoms. The number of anilines is 1. The zero-order valence-electron chi connectivity index (χ0n) is 9.74. The Morgan fingerprint density at radius 2 is 2.28 bits per heavy atom. The summed E-state index contributed by atoms with van der Waals surface area (Å²) in [7, 11) is 0. The smallest absolute Gasteiger partial charge is 0.251 e. The molecule has 0 spiro atoms. The molecule has 0 aliphatic carbocycles. The van der Waals surface area contributed by atoms with Gasteiger partial charge in [-0.1, -0.05) is 11.6 Å². The minimum absolute atomic E-state index is 0.170. The SMILES string of the molecule is Cc1cc(C(=O)NCc2ccc(Cl)s2)cc(N)n1. The van der Waals surface area contributed by atoms with Gasteiger partial charge in [0.25, 0.3) is 5.91 Å². The average Bonchev–Trinajstić information content (AvgIpc) is 2.70. The van der Waals surface area contributed by atoms with Gasteiger partial charge in [-0.3, -0.25) is 4.79 Å². The summed E-state index contributed by atoms with van der Waals surface area (Å²) in [5.41, 5.74) is 6.84. The monoisotopic (exact) mass is 281 g/mol. The van der Waals surface area contributed by atoms with E-state index in [1.165, 1.54) is 11.3 Å². The van der Waals surface area contributed by atoms with Crippen molar-refractivity contribution in [2.24, 2.45) is 0 Å². The number of amides is 1. The Balaban J connectivity index is 2.03. The van der Waals surface area contributed by atoms with Crippen molar-refractivity contribution in [3.05, 3.63) is 44.7 Å². The predicted molar refractivity (Wildman–Crippen MR) is 73.9 cm³/mol. The maximum atomic E-state index is 11.9. The van der Waals surface area contributed by atoms with Crippen LogP contribution in [-0.2, 0) is 6.54 Å². The minimum Gasteiger partial charge on any atom is -0.384 e. The van der Waals surface area contributed by atoms with Crippen molar-refractivity contribution < 1.29 is 4.79 Å². The van der Waals surface area contributed by atoms with Gasteiger partial charge in [0.1, 0.15) is 5.82 Å². The molecule has 18 heavy (non-hydrogen) atoms. The van der Waals surface area contributed by atoms with E-state index in [4.69, 9.17) is 17.3 Å². The summed E-state index contributed by atoms with van der Waals surface area (Å²) in [6.45, 7) is 2.25. The number of hydrogen-bond acceptors (Lipinski definition) is 4. The number of halogens is 1. The number of nitrogens with two attached hydrogens (primary N) is 1. The van der Waals surface area contributed by atoms with Gasteiger partial charge in [0, 0.05) is 16.1 Å². The summed E-state index contributed by atoms with van der Waals surface area (Å²) in [6.07, 6.45) is 0. The molecular formula is C12H12ClN3OS. The van der Waals surface area contributed by atoms with E-state index in [2.05, 4.69) is 10.3 Å². The van der Waals surface area contributed by atoms with Crippen LogP contribution in [0.15, 0.2) is 24.3 Å². The second-order valence-corrected chi connectivity index (χ2v) is 5.61. The zero-order valence-corrected chi connectivity index (χ0v) is 11.3. The highest BCUT2D eigenvalue weighted by atomic mass is 35.5. The van der Waals surface area contributed by atoms with Gasteiger partial charge >= 0.3 is 0 Å². The van der Waals surface area contributed by atoms with E-state index in [0.717, 1.165) is 10.6 Å². The molecule has 0 unspecified atom stereocenters. The summed E-state index contributed by atoms with van der Waals surface area (Å²) in [4.78, 5) is 16.9. The largest absolute Gasteiger partial charge is 0.384 e. The summed E-state index contributed by atoms with van der Waals surface area (Å²) in [5.74, 6) is 0.177. The lowest BCUT2D eigenvalue weighted by Gasteiger charge is -2.05. The molecule has 0 aliphatic heterocycles. The molecule has 2 heterocycles. The molecule has 4 nitrogen and oxygen atoms in total. The van der Waals surface area contributed by atoms with Crippen molar-refractivity contribution in [1.82, 2.24) is 10.3 Å². The number of carbonyl (C=O) groups is 1. The molecule has 0 aromatic carbocycles. The fraction of sp³-hybridized carbons (Fsp3) is 0.167. The molecule has 0 saturated heterocycles. The van der Waals surface area contributed by atoms with Gasteiger partial charge in [0.15, 0.2) is 0 Å². The Morgan fingerprint density at radius 3 is 2.89 bits per heavy atom. The van der Waals surface area contributed by atoms with Gasteiger partial charge in [-0.2, -0.15) is 0 Å². The van der Waals surface area contributed by atoms with Crippen LogP contribution in [0, 0.1) is 6.92 Å². The molecule has 0 fully saturated rings. The molecule has 2 aromatic heterocycles. The molecule has 0 aliphatic rings. The Labute approximate surface area is 114 Å². The lowest BCUT2D eigenvalue weighted by molar-refractivity contribution is 0.0951. The highest BCUT2D eigenvalue weighted by Gasteiger charge is 2.08. The number of nitrogens with one attached hydrogen (secondary N) is 1. The number of nitrogens with zero attached hydrogens (tertiary/aromatic N) is 1. The van der Waals surface area contributed by atoms with Crippen molar-refractivity contribution in [3.8, 4) is 0 Å². The first-order chi connectivity index (χ1) is 8.54. The second kappa shape index (κ2) is 5.37. The highest BCUT2D eigenvalue weighted by Crippen LogP contribution is 2.21. The summed E-state index contributed by atoms with van der Waals surface area (Å²) >= 11 is 7.26. The molecule has 1 amide bonds. The van der Waals surface area contributed by atoms with Crippen molar-refractivity contribution >= 4 is 34.7 Å². The number of aromatic nitrogens is 1. The van der Waals surface area contributed by atoms with Gasteiger partial charge in [0.05, 0.1) is 10.9 Å². The van der Waals surface area contributed by atoms with Crippen LogP contribution in [0.5, 0.6) is 0 Å². The minimum atomic E-state index is -0.170. The highest BCUT2D eigenvalue weighted by molar-refractivity contribution is 7.16. The van der Waals surface area contributed by atoms with Crippen molar-refractivity contribution in [2.75, 3.05) is 5.73 Å². The molecule has 0 atom stereocenters. The summed E-state index contributed by atoms with van der Waals surface area (Å²) in [5, 5.41) is 2.81. The summed E-state index contributed by atoms with van der Waals surface area (Å²) < 4.78 is 0.711. The third-order valence-corrected chi connectivity index (χ3v) is 3.52. The molecule has 3 N–H and O–H groups in total. The quantitative estimate of drug-likeness (QED) is 0.909. The number of nitrogen functional groups attached to an aromatic ring is 1. The van der Waals surface area contributed by atoms with Crippen LogP contribution in [-0.4, -0.2) is 10.9 Å². The van der Waals surface area contributed by atoms with Crippen LogP contribution in [0.1, 0.15) is 20.9 Å². The lowest BCUT2D eigenvalue weighted by atomic mass is 10.2. The maximum Gasteiger partial charge on any atom is 0.251 e. The molecule has 0 radical (unpaired) electrons. The Morgan fingerprint density at radius 1 is 1.50 bits per heavy atom. The molecule has 94 valence electrons. The maximum absolute atomic E-state index is 11.9. The third-order valence-electron chi connectivity index (χ3n) is 2.29. The number of hydrogen-bond donors (Lipinski definition) is 2. The van der Waals surface area contributed by atoms with E-state index in [1.807, 2.05) is 12.1 Å². The van der Waals surface area contributed by atoms with E-state index in [9.17, 15) is 4.79 Å². The zero-order chi connectivity index (χ0) is 13.1. The van der Waals surface area contributed by atoms with Gasteiger partial charge < -0.3 is 11.1 Å². The van der Waals surface area contributed by atoms with E-state index < -0.39 is 0 Å². The molecule has 2 rings (SSSR count). The average molecular weight is 282 g/mol. The van der Waals surface area contributed by atoms with Gasteiger partial charge in [0.2, 0.25) is 0 Å². The molecular weight excluding hydrogens is 270 g/mol. The molecule has 0 saturated carbocycles. The van der Waals surface area contributed by atoms with Crippen LogP contribution >= 0.6 is 22.9 Å². The first-order valence-electron chi connectivity index (χ1n) is 5.31. The fourth-order valence-corrected chi connectivity index (χ4v) is 2.57. The Kier molecular flexibility index (Phi) is 3.84. The normalized spacial score (nSPS) is 10.3. The van der Waals surface area contributed by atoms with Crippen molar-refractivity contribution in [1.29, 1.82) is 0 Å².